The van der Waals surface area contributed by atoms with Crippen molar-refractivity contribution < 1.29 is 14.3 Å². The lowest BCUT2D eigenvalue weighted by Crippen LogP contribution is -2.12. The van der Waals surface area contributed by atoms with Crippen molar-refractivity contribution in [2.75, 3.05) is 11.9 Å². The van der Waals surface area contributed by atoms with Crippen LogP contribution in [0, 0.1) is 0 Å². The van der Waals surface area contributed by atoms with Crippen LogP contribution in [0.15, 0.2) is 42.7 Å². The Hall–Kier alpha value is -3.00. The molecule has 158 valence electrons. The summed E-state index contributed by atoms with van der Waals surface area (Å²) in [5.41, 5.74) is 1.47. The van der Waals surface area contributed by atoms with Crippen molar-refractivity contribution in [1.82, 2.24) is 15.2 Å². The SMILES string of the molecule is CCOc1cc(C(=O)Nc2nnc(C(CC)CC)s2)ccc1OCc1ccncc1. The van der Waals surface area contributed by atoms with E-state index in [2.05, 4.69) is 34.3 Å². The van der Waals surface area contributed by atoms with E-state index in [1.807, 2.05) is 19.1 Å². The smallest absolute Gasteiger partial charge is 0.257 e. The van der Waals surface area contributed by atoms with E-state index in [0.717, 1.165) is 23.4 Å². The van der Waals surface area contributed by atoms with E-state index in [4.69, 9.17) is 9.47 Å². The van der Waals surface area contributed by atoms with Crippen LogP contribution in [-0.4, -0.2) is 27.7 Å². The molecule has 1 amide bonds. The number of amides is 1. The molecule has 2 aromatic heterocycles. The minimum atomic E-state index is -0.260. The van der Waals surface area contributed by atoms with Crippen LogP contribution in [0.2, 0.25) is 0 Å². The number of hydrogen-bond donors (Lipinski definition) is 1. The fraction of sp³-hybridized carbons (Fsp3) is 0.364. The van der Waals surface area contributed by atoms with E-state index >= 15 is 0 Å². The summed E-state index contributed by atoms with van der Waals surface area (Å²) in [4.78, 5) is 16.7. The van der Waals surface area contributed by atoms with Gasteiger partial charge in [0.1, 0.15) is 11.6 Å². The van der Waals surface area contributed by atoms with Gasteiger partial charge in [0.25, 0.3) is 5.91 Å². The highest BCUT2D eigenvalue weighted by molar-refractivity contribution is 7.15. The average molecular weight is 427 g/mol. The molecule has 0 fully saturated rings. The number of nitrogens with one attached hydrogen (secondary N) is 1. The van der Waals surface area contributed by atoms with E-state index in [-0.39, 0.29) is 5.91 Å². The third-order valence-corrected chi connectivity index (χ3v) is 5.65. The molecule has 30 heavy (non-hydrogen) atoms. The molecule has 0 bridgehead atoms. The molecule has 1 N–H and O–H groups in total. The van der Waals surface area contributed by atoms with Crippen molar-refractivity contribution in [3.8, 4) is 11.5 Å². The maximum atomic E-state index is 12.7. The Morgan fingerprint density at radius 2 is 1.80 bits per heavy atom. The van der Waals surface area contributed by atoms with Crippen molar-refractivity contribution in [2.24, 2.45) is 0 Å². The molecule has 1 aromatic carbocycles. The quantitative estimate of drug-likeness (QED) is 0.487. The average Bonchev–Trinajstić information content (AvgIpc) is 3.22. The molecular formula is C22H26N4O3S. The van der Waals surface area contributed by atoms with Gasteiger partial charge in [-0.2, -0.15) is 0 Å². The molecule has 2 heterocycles. The topological polar surface area (TPSA) is 86.2 Å². The number of pyridine rings is 1. The van der Waals surface area contributed by atoms with Gasteiger partial charge in [-0.1, -0.05) is 25.2 Å². The highest BCUT2D eigenvalue weighted by Gasteiger charge is 2.17. The predicted octanol–water partition coefficient (Wildman–Crippen LogP) is 5.07. The van der Waals surface area contributed by atoms with Crippen LogP contribution in [0.4, 0.5) is 5.13 Å². The maximum Gasteiger partial charge on any atom is 0.257 e. The summed E-state index contributed by atoms with van der Waals surface area (Å²) in [6.07, 6.45) is 5.44. The Labute approximate surface area is 180 Å². The first-order chi connectivity index (χ1) is 14.6. The molecule has 7 nitrogen and oxygen atoms in total. The monoisotopic (exact) mass is 426 g/mol. The van der Waals surface area contributed by atoms with Gasteiger partial charge in [0.2, 0.25) is 5.13 Å². The van der Waals surface area contributed by atoms with Gasteiger partial charge in [0.15, 0.2) is 11.5 Å². The van der Waals surface area contributed by atoms with Crippen LogP contribution < -0.4 is 14.8 Å². The predicted molar refractivity (Wildman–Crippen MR) is 117 cm³/mol. The van der Waals surface area contributed by atoms with E-state index in [1.165, 1.54) is 11.3 Å². The lowest BCUT2D eigenvalue weighted by atomic mass is 10.1. The highest BCUT2D eigenvalue weighted by Crippen LogP contribution is 2.31. The van der Waals surface area contributed by atoms with Crippen molar-refractivity contribution in [1.29, 1.82) is 0 Å². The summed E-state index contributed by atoms with van der Waals surface area (Å²) in [7, 11) is 0. The summed E-state index contributed by atoms with van der Waals surface area (Å²) in [5, 5.41) is 12.6. The van der Waals surface area contributed by atoms with Crippen LogP contribution >= 0.6 is 11.3 Å². The second-order valence-electron chi connectivity index (χ2n) is 6.65. The summed E-state index contributed by atoms with van der Waals surface area (Å²) < 4.78 is 11.6. The molecule has 0 unspecified atom stereocenters. The van der Waals surface area contributed by atoms with Crippen LogP contribution in [0.5, 0.6) is 11.5 Å². The Kier molecular flexibility index (Phi) is 7.73. The van der Waals surface area contributed by atoms with Gasteiger partial charge >= 0.3 is 0 Å². The molecule has 3 rings (SSSR count). The fourth-order valence-corrected chi connectivity index (χ4v) is 3.94. The number of aromatic nitrogens is 3. The van der Waals surface area contributed by atoms with Crippen molar-refractivity contribution in [3.05, 3.63) is 58.9 Å². The lowest BCUT2D eigenvalue weighted by Gasteiger charge is -2.13. The fourth-order valence-electron chi connectivity index (χ4n) is 2.93. The Bertz CT molecular complexity index is 958. The summed E-state index contributed by atoms with van der Waals surface area (Å²) >= 11 is 1.42. The first-order valence-electron chi connectivity index (χ1n) is 10.1. The second kappa shape index (κ2) is 10.7. The molecule has 3 aromatic rings. The van der Waals surface area contributed by atoms with Gasteiger partial charge in [0.05, 0.1) is 6.61 Å². The van der Waals surface area contributed by atoms with Gasteiger partial charge in [-0.05, 0) is 55.7 Å². The molecule has 0 saturated carbocycles. The van der Waals surface area contributed by atoms with Gasteiger partial charge in [-0.15, -0.1) is 10.2 Å². The molecule has 0 aliphatic heterocycles. The van der Waals surface area contributed by atoms with Gasteiger partial charge in [-0.25, -0.2) is 0 Å². The first-order valence-corrected chi connectivity index (χ1v) is 10.9. The van der Waals surface area contributed by atoms with Crippen LogP contribution in [-0.2, 0) is 6.61 Å². The molecular weight excluding hydrogens is 400 g/mol. The number of anilines is 1. The normalized spacial score (nSPS) is 10.8. The first kappa shape index (κ1) is 21.7. The Morgan fingerprint density at radius 1 is 1.03 bits per heavy atom. The van der Waals surface area contributed by atoms with E-state index in [1.54, 1.807) is 30.6 Å². The number of benzene rings is 1. The van der Waals surface area contributed by atoms with E-state index in [0.29, 0.717) is 41.3 Å². The lowest BCUT2D eigenvalue weighted by molar-refractivity contribution is 0.102. The summed E-state index contributed by atoms with van der Waals surface area (Å²) in [6, 6.07) is 8.92. The highest BCUT2D eigenvalue weighted by atomic mass is 32.1. The zero-order valence-corrected chi connectivity index (χ0v) is 18.2. The molecule has 0 saturated heterocycles. The number of rotatable bonds is 10. The molecule has 8 heteroatoms. The van der Waals surface area contributed by atoms with Crippen LogP contribution in [0.25, 0.3) is 0 Å². The zero-order chi connectivity index (χ0) is 21.3. The van der Waals surface area contributed by atoms with E-state index < -0.39 is 0 Å². The zero-order valence-electron chi connectivity index (χ0n) is 17.4. The minimum Gasteiger partial charge on any atom is -0.490 e. The molecule has 0 spiro atoms. The largest absolute Gasteiger partial charge is 0.490 e. The summed E-state index contributed by atoms with van der Waals surface area (Å²) in [5.74, 6) is 1.21. The van der Waals surface area contributed by atoms with Gasteiger partial charge in [-0.3, -0.25) is 15.1 Å². The Morgan fingerprint density at radius 3 is 2.50 bits per heavy atom. The van der Waals surface area contributed by atoms with Crippen LogP contribution in [0.3, 0.4) is 0 Å². The van der Waals surface area contributed by atoms with Crippen molar-refractivity contribution in [3.63, 3.8) is 0 Å². The third-order valence-electron chi connectivity index (χ3n) is 4.65. The van der Waals surface area contributed by atoms with E-state index in [9.17, 15) is 4.79 Å². The molecule has 0 aliphatic rings. The minimum absolute atomic E-state index is 0.260. The van der Waals surface area contributed by atoms with Crippen LogP contribution in [0.1, 0.15) is 60.5 Å². The van der Waals surface area contributed by atoms with Crippen molar-refractivity contribution in [2.45, 2.75) is 46.1 Å². The number of carbonyl (C=O) groups excluding carboxylic acids is 1. The maximum absolute atomic E-state index is 12.7. The van der Waals surface area contributed by atoms with Crippen molar-refractivity contribution >= 4 is 22.4 Å². The van der Waals surface area contributed by atoms with Gasteiger partial charge in [0, 0.05) is 23.9 Å². The molecule has 0 aliphatic carbocycles. The summed E-state index contributed by atoms with van der Waals surface area (Å²) in [6.45, 7) is 6.99. The third kappa shape index (κ3) is 5.54. The number of hydrogen-bond acceptors (Lipinski definition) is 7. The Balaban J connectivity index is 1.70. The number of nitrogens with zero attached hydrogens (tertiary/aromatic N) is 3. The standard InChI is InChI=1S/C22H26N4O3S/c1-4-16(5-2)21-25-26-22(30-21)24-20(27)17-7-8-18(19(13-17)28-6-3)29-14-15-9-11-23-12-10-15/h7-13,16H,4-6,14H2,1-3H3,(H,24,26,27). The molecule has 0 atom stereocenters. The second-order valence-corrected chi connectivity index (χ2v) is 7.66. The number of carbonyl (C=O) groups is 1. The molecule has 0 radical (unpaired) electrons. The van der Waals surface area contributed by atoms with Gasteiger partial charge < -0.3 is 9.47 Å². The number of ether oxygens (including phenoxy) is 2.